The molecule has 2 N–H and O–H groups in total. The molecule has 1 aromatic rings. The van der Waals surface area contributed by atoms with Crippen LogP contribution in [0.1, 0.15) is 90.0 Å². The van der Waals surface area contributed by atoms with E-state index in [2.05, 4.69) is 16.1 Å². The van der Waals surface area contributed by atoms with Gasteiger partial charge in [0.05, 0.1) is 6.61 Å². The molecular formula is C18H36N2O5S. The van der Waals surface area contributed by atoms with Crippen LogP contribution in [0.25, 0.3) is 0 Å². The first-order valence-electron chi connectivity index (χ1n) is 9.55. The molecule has 154 valence electrons. The van der Waals surface area contributed by atoms with Gasteiger partial charge in [0.15, 0.2) is 0 Å². The summed E-state index contributed by atoms with van der Waals surface area (Å²) in [5, 5.41) is 9.01. The highest BCUT2D eigenvalue weighted by Gasteiger charge is 2.04. The summed E-state index contributed by atoms with van der Waals surface area (Å²) in [7, 11) is -2.38. The number of aryl methyl sites for hydroxylation is 1. The Labute approximate surface area is 158 Å². The molecule has 0 aliphatic rings. The van der Waals surface area contributed by atoms with Crippen molar-refractivity contribution in [2.45, 2.75) is 84.2 Å². The van der Waals surface area contributed by atoms with Gasteiger partial charge < -0.3 is 9.67 Å². The third kappa shape index (κ3) is 15.3. The minimum absolute atomic E-state index is 0.0926. The number of hydrogen-bond acceptors (Lipinski definition) is 5. The third-order valence-electron chi connectivity index (χ3n) is 3.96. The van der Waals surface area contributed by atoms with E-state index in [4.69, 9.17) is 9.66 Å². The minimum Gasteiger partial charge on any atom is -0.385 e. The molecule has 0 spiro atoms. The Morgan fingerprint density at radius 2 is 1.58 bits per heavy atom. The van der Waals surface area contributed by atoms with Crippen molar-refractivity contribution < 1.29 is 22.3 Å². The van der Waals surface area contributed by atoms with Crippen LogP contribution in [0.4, 0.5) is 0 Å². The van der Waals surface area contributed by atoms with E-state index < -0.39 is 16.5 Å². The molecule has 8 heteroatoms. The van der Waals surface area contributed by atoms with E-state index in [1.807, 2.05) is 13.2 Å². The number of aliphatic hydroxyl groups excluding tert-OH is 1. The average Bonchev–Trinajstić information content (AvgIpc) is 2.98. The van der Waals surface area contributed by atoms with Crippen molar-refractivity contribution in [3.63, 3.8) is 0 Å². The number of rotatable bonds is 13. The maximum Gasteiger partial charge on any atom is 0.397 e. The van der Waals surface area contributed by atoms with Crippen LogP contribution in [-0.2, 0) is 21.6 Å². The van der Waals surface area contributed by atoms with Gasteiger partial charge >= 0.3 is 10.4 Å². The van der Waals surface area contributed by atoms with Gasteiger partial charge in [0.25, 0.3) is 0 Å². The number of unbranched alkanes of at least 4 members (excludes halogenated alkanes) is 9. The first kappa shape index (κ1) is 25.0. The van der Waals surface area contributed by atoms with E-state index in [1.165, 1.54) is 44.9 Å². The lowest BCUT2D eigenvalue weighted by Crippen LogP contribution is -2.04. The maximum absolute atomic E-state index is 10.2. The molecule has 0 bridgehead atoms. The van der Waals surface area contributed by atoms with Gasteiger partial charge in [-0.2, -0.15) is 8.42 Å². The van der Waals surface area contributed by atoms with E-state index >= 15 is 0 Å². The quantitative estimate of drug-likeness (QED) is 0.385. The molecule has 0 fully saturated rings. The minimum atomic E-state index is -4.23. The lowest BCUT2D eigenvalue weighted by atomic mass is 10.1. The molecule has 1 aromatic heterocycles. The van der Waals surface area contributed by atoms with Crippen LogP contribution in [-0.4, -0.2) is 34.2 Å². The molecule has 26 heavy (non-hydrogen) atoms. The SMILES string of the molecule is CC(O)c1nccn1C.CCCCCCCCCCCCOS(=O)(=O)O. The lowest BCUT2D eigenvalue weighted by molar-refractivity contribution is 0.185. The normalized spacial score (nSPS) is 12.5. The van der Waals surface area contributed by atoms with Crippen LogP contribution in [0.2, 0.25) is 0 Å². The van der Waals surface area contributed by atoms with Crippen molar-refractivity contribution in [1.29, 1.82) is 0 Å². The molecule has 7 nitrogen and oxygen atoms in total. The molecule has 0 radical (unpaired) electrons. The summed E-state index contributed by atoms with van der Waals surface area (Å²) in [5.41, 5.74) is 0. The fraction of sp³-hybridized carbons (Fsp3) is 0.833. The molecule has 0 aliphatic carbocycles. The molecule has 0 aromatic carbocycles. The zero-order valence-electron chi connectivity index (χ0n) is 16.4. The Balaban J connectivity index is 0.000000577. The van der Waals surface area contributed by atoms with Gasteiger partial charge in [-0.1, -0.05) is 64.7 Å². The Bertz CT molecular complexity index is 544. The van der Waals surface area contributed by atoms with Crippen LogP contribution < -0.4 is 0 Å². The Morgan fingerprint density at radius 1 is 1.08 bits per heavy atom. The van der Waals surface area contributed by atoms with Crippen molar-refractivity contribution in [3.05, 3.63) is 18.2 Å². The van der Waals surface area contributed by atoms with Crippen LogP contribution >= 0.6 is 0 Å². The maximum atomic E-state index is 10.2. The lowest BCUT2D eigenvalue weighted by Gasteiger charge is -2.02. The van der Waals surface area contributed by atoms with Gasteiger partial charge in [-0.15, -0.1) is 0 Å². The predicted molar refractivity (Wildman–Crippen MR) is 103 cm³/mol. The second-order valence-electron chi connectivity index (χ2n) is 6.50. The monoisotopic (exact) mass is 392 g/mol. The highest BCUT2D eigenvalue weighted by Crippen LogP contribution is 2.10. The van der Waals surface area contributed by atoms with E-state index in [0.717, 1.165) is 12.8 Å². The molecule has 1 unspecified atom stereocenters. The first-order chi connectivity index (χ1) is 12.3. The number of hydrogen-bond donors (Lipinski definition) is 2. The van der Waals surface area contributed by atoms with E-state index in [1.54, 1.807) is 17.7 Å². The smallest absolute Gasteiger partial charge is 0.385 e. The van der Waals surface area contributed by atoms with Crippen LogP contribution in [0.15, 0.2) is 12.4 Å². The summed E-state index contributed by atoms with van der Waals surface area (Å²) in [5.74, 6) is 0.704. The molecule has 1 rings (SSSR count). The number of aromatic nitrogens is 2. The van der Waals surface area contributed by atoms with Crippen LogP contribution in [0.3, 0.4) is 0 Å². The average molecular weight is 393 g/mol. The molecule has 0 aliphatic heterocycles. The Hall–Kier alpha value is -0.960. The molecule has 0 amide bonds. The zero-order valence-corrected chi connectivity index (χ0v) is 17.2. The predicted octanol–water partition coefficient (Wildman–Crippen LogP) is 4.20. The van der Waals surface area contributed by atoms with Crippen molar-refractivity contribution in [3.8, 4) is 0 Å². The van der Waals surface area contributed by atoms with Gasteiger partial charge in [-0.3, -0.25) is 4.55 Å². The fourth-order valence-corrected chi connectivity index (χ4v) is 2.86. The largest absolute Gasteiger partial charge is 0.397 e. The van der Waals surface area contributed by atoms with Crippen molar-refractivity contribution in [2.75, 3.05) is 6.61 Å². The molecule has 0 saturated heterocycles. The molecule has 1 heterocycles. The molecule has 0 saturated carbocycles. The van der Waals surface area contributed by atoms with E-state index in [-0.39, 0.29) is 6.61 Å². The number of aliphatic hydroxyl groups is 1. The highest BCUT2D eigenvalue weighted by atomic mass is 32.3. The zero-order chi connectivity index (χ0) is 19.8. The van der Waals surface area contributed by atoms with Crippen LogP contribution in [0.5, 0.6) is 0 Å². The molecular weight excluding hydrogens is 356 g/mol. The summed E-state index contributed by atoms with van der Waals surface area (Å²) in [6, 6.07) is 0. The van der Waals surface area contributed by atoms with Gasteiger partial charge in [0.1, 0.15) is 11.9 Å². The van der Waals surface area contributed by atoms with E-state index in [9.17, 15) is 8.42 Å². The van der Waals surface area contributed by atoms with Crippen molar-refractivity contribution in [2.24, 2.45) is 7.05 Å². The standard InChI is InChI=1S/C12H26O4S.C6H10N2O/c1-2-3-4-5-6-7-8-9-10-11-12-16-17(13,14)15;1-5(9)6-7-3-4-8(6)2/h2-12H2,1H3,(H,13,14,15);3-5,9H,1-2H3. The highest BCUT2D eigenvalue weighted by molar-refractivity contribution is 7.80. The summed E-state index contributed by atoms with van der Waals surface area (Å²) >= 11 is 0. The van der Waals surface area contributed by atoms with Gasteiger partial charge in [-0.25, -0.2) is 9.17 Å². The summed E-state index contributed by atoms with van der Waals surface area (Å²) < 4.78 is 34.8. The van der Waals surface area contributed by atoms with E-state index in [0.29, 0.717) is 12.2 Å². The second kappa shape index (κ2) is 15.1. The van der Waals surface area contributed by atoms with Crippen molar-refractivity contribution >= 4 is 10.4 Å². The number of imidazole rings is 1. The summed E-state index contributed by atoms with van der Waals surface area (Å²) in [4.78, 5) is 3.93. The second-order valence-corrected chi connectivity index (χ2v) is 7.60. The van der Waals surface area contributed by atoms with Gasteiger partial charge in [-0.05, 0) is 13.3 Å². The van der Waals surface area contributed by atoms with Gasteiger partial charge in [0.2, 0.25) is 0 Å². The number of nitrogens with zero attached hydrogens (tertiary/aromatic N) is 2. The first-order valence-corrected chi connectivity index (χ1v) is 10.9. The molecule has 1 atom stereocenters. The summed E-state index contributed by atoms with van der Waals surface area (Å²) in [6.45, 7) is 4.01. The topological polar surface area (TPSA) is 102 Å². The Morgan fingerprint density at radius 3 is 1.92 bits per heavy atom. The van der Waals surface area contributed by atoms with Gasteiger partial charge in [0, 0.05) is 19.4 Å². The fourth-order valence-electron chi connectivity index (χ4n) is 2.53. The summed E-state index contributed by atoms with van der Waals surface area (Å²) in [6.07, 6.45) is 14.9. The third-order valence-corrected chi connectivity index (χ3v) is 4.43. The van der Waals surface area contributed by atoms with Crippen molar-refractivity contribution in [1.82, 2.24) is 9.55 Å². The Kier molecular flexibility index (Phi) is 14.6. The van der Waals surface area contributed by atoms with Crippen LogP contribution in [0, 0.1) is 0 Å².